The number of hydrogen-bond acceptors (Lipinski definition) is 2. The summed E-state index contributed by atoms with van der Waals surface area (Å²) < 4.78 is 0. The zero-order valence-electron chi connectivity index (χ0n) is 12.4. The number of benzene rings is 1. The van der Waals surface area contributed by atoms with Gasteiger partial charge in [-0.2, -0.15) is 0 Å². The van der Waals surface area contributed by atoms with Crippen molar-refractivity contribution in [1.29, 1.82) is 0 Å². The number of nitrogens with zero attached hydrogens (tertiary/aromatic N) is 2. The minimum absolute atomic E-state index is 0.194. The number of carbonyl (C=O) groups is 2. The highest BCUT2D eigenvalue weighted by molar-refractivity contribution is 5.80. The zero-order valence-corrected chi connectivity index (χ0v) is 12.4. The highest BCUT2D eigenvalue weighted by atomic mass is 16.4. The summed E-state index contributed by atoms with van der Waals surface area (Å²) in [6, 6.07) is 9.76. The molecule has 0 radical (unpaired) electrons. The van der Waals surface area contributed by atoms with Crippen molar-refractivity contribution in [2.75, 3.05) is 26.7 Å². The predicted octanol–water partition coefficient (Wildman–Crippen LogP) is 2.08. The molecule has 1 aromatic carbocycles. The molecule has 2 rings (SSSR count). The Labute approximate surface area is 125 Å². The van der Waals surface area contributed by atoms with Crippen molar-refractivity contribution >= 4 is 12.0 Å². The molecule has 0 saturated heterocycles. The van der Waals surface area contributed by atoms with Gasteiger partial charge in [0.2, 0.25) is 0 Å². The van der Waals surface area contributed by atoms with Gasteiger partial charge in [0.15, 0.2) is 0 Å². The van der Waals surface area contributed by atoms with Crippen LogP contribution in [0.15, 0.2) is 30.3 Å². The summed E-state index contributed by atoms with van der Waals surface area (Å²) >= 11 is 0. The van der Waals surface area contributed by atoms with Gasteiger partial charge in [-0.05, 0) is 30.7 Å². The summed E-state index contributed by atoms with van der Waals surface area (Å²) in [5.41, 5.74) is 1.17. The molecule has 0 atom stereocenters. The van der Waals surface area contributed by atoms with E-state index < -0.39 is 5.97 Å². The summed E-state index contributed by atoms with van der Waals surface area (Å²) in [6.07, 6.45) is 2.96. The Morgan fingerprint density at radius 3 is 2.48 bits per heavy atom. The van der Waals surface area contributed by atoms with Crippen molar-refractivity contribution in [2.45, 2.75) is 19.3 Å². The second-order valence-electron chi connectivity index (χ2n) is 5.66. The van der Waals surface area contributed by atoms with Crippen LogP contribution in [-0.2, 0) is 11.2 Å². The van der Waals surface area contributed by atoms with Crippen LogP contribution in [0.3, 0.4) is 0 Å². The van der Waals surface area contributed by atoms with Crippen molar-refractivity contribution in [3.8, 4) is 0 Å². The highest BCUT2D eigenvalue weighted by Gasteiger charge is 2.29. The molecular weight excluding hydrogens is 268 g/mol. The van der Waals surface area contributed by atoms with Gasteiger partial charge < -0.3 is 14.9 Å². The maximum absolute atomic E-state index is 12.4. The molecule has 1 saturated carbocycles. The van der Waals surface area contributed by atoms with Crippen LogP contribution in [0.25, 0.3) is 0 Å². The van der Waals surface area contributed by atoms with Crippen molar-refractivity contribution in [3.63, 3.8) is 0 Å². The summed E-state index contributed by atoms with van der Waals surface area (Å²) in [7, 11) is 1.73. The van der Waals surface area contributed by atoms with Crippen LogP contribution in [0, 0.1) is 5.92 Å². The number of carbonyl (C=O) groups excluding carboxylic acids is 1. The predicted molar refractivity (Wildman–Crippen MR) is 80.1 cm³/mol. The number of urea groups is 1. The van der Waals surface area contributed by atoms with E-state index in [1.807, 2.05) is 30.3 Å². The van der Waals surface area contributed by atoms with E-state index in [0.29, 0.717) is 19.0 Å². The van der Waals surface area contributed by atoms with Crippen LogP contribution in [0.4, 0.5) is 4.79 Å². The molecule has 5 heteroatoms. The number of aliphatic carboxylic acids is 1. The van der Waals surface area contributed by atoms with Gasteiger partial charge >= 0.3 is 12.0 Å². The highest BCUT2D eigenvalue weighted by Crippen LogP contribution is 2.29. The fraction of sp³-hybridized carbons (Fsp3) is 0.500. The Morgan fingerprint density at radius 2 is 1.90 bits per heavy atom. The topological polar surface area (TPSA) is 60.9 Å². The molecule has 0 spiro atoms. The molecule has 0 heterocycles. The Morgan fingerprint density at radius 1 is 1.24 bits per heavy atom. The third-order valence-corrected chi connectivity index (χ3v) is 3.68. The Hall–Kier alpha value is -2.04. The second-order valence-corrected chi connectivity index (χ2v) is 5.66. The first kappa shape index (κ1) is 15.4. The van der Waals surface area contributed by atoms with Crippen molar-refractivity contribution in [2.24, 2.45) is 5.92 Å². The fourth-order valence-corrected chi connectivity index (χ4v) is 2.26. The molecule has 5 nitrogen and oxygen atoms in total. The normalized spacial score (nSPS) is 13.8. The van der Waals surface area contributed by atoms with Crippen LogP contribution < -0.4 is 0 Å². The molecule has 0 aliphatic heterocycles. The second kappa shape index (κ2) is 7.11. The van der Waals surface area contributed by atoms with Gasteiger partial charge in [-0.15, -0.1) is 0 Å². The lowest BCUT2D eigenvalue weighted by molar-refractivity contribution is -0.137. The van der Waals surface area contributed by atoms with Crippen LogP contribution in [0.5, 0.6) is 0 Å². The monoisotopic (exact) mass is 290 g/mol. The first-order valence-corrected chi connectivity index (χ1v) is 7.32. The molecule has 114 valence electrons. The molecular formula is C16H22N2O3. The van der Waals surface area contributed by atoms with Gasteiger partial charge in [-0.1, -0.05) is 30.3 Å². The summed E-state index contributed by atoms with van der Waals surface area (Å²) in [6.45, 7) is 0.926. The smallest absolute Gasteiger partial charge is 0.323 e. The minimum atomic E-state index is -0.958. The molecule has 0 unspecified atom stereocenters. The van der Waals surface area contributed by atoms with Gasteiger partial charge in [0.05, 0.1) is 0 Å². The number of carboxylic acids is 1. The lowest BCUT2D eigenvalue weighted by Gasteiger charge is -2.27. The van der Waals surface area contributed by atoms with Crippen LogP contribution in [-0.4, -0.2) is 53.6 Å². The number of amides is 2. The van der Waals surface area contributed by atoms with Crippen molar-refractivity contribution < 1.29 is 14.7 Å². The van der Waals surface area contributed by atoms with E-state index >= 15 is 0 Å². The molecule has 1 N–H and O–H groups in total. The molecule has 1 aliphatic rings. The van der Waals surface area contributed by atoms with Crippen molar-refractivity contribution in [3.05, 3.63) is 35.9 Å². The van der Waals surface area contributed by atoms with Gasteiger partial charge in [-0.25, -0.2) is 4.79 Å². The average Bonchev–Trinajstić information content (AvgIpc) is 3.28. The van der Waals surface area contributed by atoms with Crippen LogP contribution in [0.2, 0.25) is 0 Å². The van der Waals surface area contributed by atoms with Gasteiger partial charge in [0, 0.05) is 20.1 Å². The number of hydrogen-bond donors (Lipinski definition) is 1. The molecule has 21 heavy (non-hydrogen) atoms. The van der Waals surface area contributed by atoms with Gasteiger partial charge in [0.1, 0.15) is 6.54 Å². The zero-order chi connectivity index (χ0) is 15.2. The van der Waals surface area contributed by atoms with E-state index in [4.69, 9.17) is 5.11 Å². The maximum atomic E-state index is 12.4. The van der Waals surface area contributed by atoms with E-state index in [-0.39, 0.29) is 12.6 Å². The number of carboxylic acid groups (broad SMARTS) is 1. The Bertz CT molecular complexity index is 486. The fourth-order valence-electron chi connectivity index (χ4n) is 2.26. The molecule has 1 fully saturated rings. The SMILES string of the molecule is CN(CCc1ccccc1)C(=O)N(CC(=O)O)CC1CC1. The summed E-state index contributed by atoms with van der Waals surface area (Å²) in [5, 5.41) is 8.94. The third-order valence-electron chi connectivity index (χ3n) is 3.68. The number of rotatable bonds is 7. The molecule has 0 aromatic heterocycles. The lowest BCUT2D eigenvalue weighted by Crippen LogP contribution is -2.45. The van der Waals surface area contributed by atoms with E-state index in [1.54, 1.807) is 11.9 Å². The standard InChI is InChI=1S/C16H22N2O3/c1-17(10-9-13-5-3-2-4-6-13)16(21)18(12-15(19)20)11-14-7-8-14/h2-6,14H,7-12H2,1H3,(H,19,20). The Balaban J connectivity index is 1.87. The van der Waals surface area contributed by atoms with E-state index in [1.165, 1.54) is 10.5 Å². The lowest BCUT2D eigenvalue weighted by atomic mass is 10.1. The average molecular weight is 290 g/mol. The van der Waals surface area contributed by atoms with Crippen LogP contribution >= 0.6 is 0 Å². The van der Waals surface area contributed by atoms with E-state index in [9.17, 15) is 9.59 Å². The Kier molecular flexibility index (Phi) is 5.20. The molecule has 2 amide bonds. The quantitative estimate of drug-likeness (QED) is 0.836. The molecule has 1 aromatic rings. The van der Waals surface area contributed by atoms with Gasteiger partial charge in [-0.3, -0.25) is 4.79 Å². The maximum Gasteiger partial charge on any atom is 0.323 e. The first-order valence-electron chi connectivity index (χ1n) is 7.32. The minimum Gasteiger partial charge on any atom is -0.480 e. The molecule has 1 aliphatic carbocycles. The van der Waals surface area contributed by atoms with Gasteiger partial charge in [0.25, 0.3) is 0 Å². The van der Waals surface area contributed by atoms with Crippen molar-refractivity contribution in [1.82, 2.24) is 9.80 Å². The van der Waals surface area contributed by atoms with Crippen LogP contribution in [0.1, 0.15) is 18.4 Å². The third kappa shape index (κ3) is 5.10. The largest absolute Gasteiger partial charge is 0.480 e. The first-order chi connectivity index (χ1) is 10.1. The number of likely N-dealkylation sites (N-methyl/N-ethyl adjacent to an activating group) is 1. The molecule has 0 bridgehead atoms. The summed E-state index contributed by atoms with van der Waals surface area (Å²) in [4.78, 5) is 26.3. The van der Waals surface area contributed by atoms with E-state index in [2.05, 4.69) is 0 Å². The summed E-state index contributed by atoms with van der Waals surface area (Å²) in [5.74, 6) is -0.476. The van der Waals surface area contributed by atoms with E-state index in [0.717, 1.165) is 19.3 Å².